The van der Waals surface area contributed by atoms with E-state index >= 15 is 0 Å². The molecular weight excluding hydrogens is 211 g/mol. The molecule has 0 aromatic carbocycles. The highest BCUT2D eigenvalue weighted by atomic mass is 31.1. The van der Waals surface area contributed by atoms with Crippen LogP contribution in [0.15, 0.2) is 0 Å². The minimum absolute atomic E-state index is 0.0317. The first-order valence-corrected chi connectivity index (χ1v) is 6.96. The van der Waals surface area contributed by atoms with Gasteiger partial charge < -0.3 is 0 Å². The Hall–Kier alpha value is 0.0200. The van der Waals surface area contributed by atoms with Gasteiger partial charge in [0.15, 0.2) is 0 Å². The fraction of sp³-hybridized carbons (Fsp3) is 1.00. The van der Waals surface area contributed by atoms with Crippen LogP contribution < -0.4 is 0 Å². The fourth-order valence-corrected chi connectivity index (χ4v) is 2.05. The van der Waals surface area contributed by atoms with Crippen LogP contribution >= 0.6 is 8.25 Å². The van der Waals surface area contributed by atoms with E-state index in [4.69, 9.17) is 9.05 Å². The molecule has 0 heterocycles. The monoisotopic (exact) mass is 235 g/mol. The summed E-state index contributed by atoms with van der Waals surface area (Å²) in [4.78, 5) is 0. The molecule has 0 aromatic heterocycles. The third-order valence-corrected chi connectivity index (χ3v) is 3.15. The van der Waals surface area contributed by atoms with E-state index in [1.54, 1.807) is 0 Å². The molecule has 0 aliphatic carbocycles. The Bertz CT molecular complexity index is 171. The van der Waals surface area contributed by atoms with Crippen LogP contribution in [0.1, 0.15) is 59.8 Å². The van der Waals surface area contributed by atoms with E-state index in [9.17, 15) is 4.57 Å². The van der Waals surface area contributed by atoms with Gasteiger partial charge in [0.25, 0.3) is 0 Å². The molecule has 0 aliphatic heterocycles. The van der Waals surface area contributed by atoms with E-state index < -0.39 is 8.25 Å². The van der Waals surface area contributed by atoms with Crippen molar-refractivity contribution in [2.45, 2.75) is 72.0 Å². The number of hydrogen-bond donors (Lipinski definition) is 0. The van der Waals surface area contributed by atoms with E-state index in [-0.39, 0.29) is 12.2 Å². The van der Waals surface area contributed by atoms with Crippen molar-refractivity contribution in [3.8, 4) is 0 Å². The Morgan fingerprint density at radius 3 is 2.27 bits per heavy atom. The van der Waals surface area contributed by atoms with Crippen LogP contribution in [0, 0.1) is 0 Å². The van der Waals surface area contributed by atoms with Gasteiger partial charge in [-0.25, -0.2) is 0 Å². The molecule has 0 bridgehead atoms. The molecule has 0 fully saturated rings. The summed E-state index contributed by atoms with van der Waals surface area (Å²) in [6.07, 6.45) is 5.82. The average Bonchev–Trinajstić information content (AvgIpc) is 2.10. The van der Waals surface area contributed by atoms with Crippen LogP contribution in [0.5, 0.6) is 0 Å². The lowest BCUT2D eigenvalue weighted by molar-refractivity contribution is 0.145. The topological polar surface area (TPSA) is 35.5 Å². The summed E-state index contributed by atoms with van der Waals surface area (Å²) in [6, 6.07) is 0. The first-order valence-electron chi connectivity index (χ1n) is 5.87. The molecule has 0 amide bonds. The predicted molar refractivity (Wildman–Crippen MR) is 63.1 cm³/mol. The molecular formula is C11H24O3P+. The quantitative estimate of drug-likeness (QED) is 0.437. The van der Waals surface area contributed by atoms with Crippen molar-refractivity contribution in [3.63, 3.8) is 0 Å². The molecule has 0 spiro atoms. The summed E-state index contributed by atoms with van der Waals surface area (Å²) in [5.74, 6) is 0. The Morgan fingerprint density at radius 2 is 1.73 bits per heavy atom. The standard InChI is InChI=1S/C11H24O3P/c1-5-6-7-8-9-11(4)14-15(12)13-10(2)3/h10-11H,5-9H2,1-4H3/q+1. The third-order valence-electron chi connectivity index (χ3n) is 2.03. The first kappa shape index (κ1) is 15.0. The van der Waals surface area contributed by atoms with Crippen LogP contribution in [-0.4, -0.2) is 12.2 Å². The highest BCUT2D eigenvalue weighted by Crippen LogP contribution is 2.29. The van der Waals surface area contributed by atoms with Crippen LogP contribution in [0.2, 0.25) is 0 Å². The second-order valence-electron chi connectivity index (χ2n) is 4.14. The summed E-state index contributed by atoms with van der Waals surface area (Å²) in [7, 11) is -1.93. The van der Waals surface area contributed by atoms with Crippen molar-refractivity contribution in [2.24, 2.45) is 0 Å². The second-order valence-corrected chi connectivity index (χ2v) is 5.01. The van der Waals surface area contributed by atoms with E-state index in [1.165, 1.54) is 19.3 Å². The molecule has 3 nitrogen and oxygen atoms in total. The minimum Gasteiger partial charge on any atom is -0.116 e. The van der Waals surface area contributed by atoms with Gasteiger partial charge >= 0.3 is 8.25 Å². The maximum absolute atomic E-state index is 11.3. The molecule has 0 N–H and O–H groups in total. The lowest BCUT2D eigenvalue weighted by Crippen LogP contribution is -2.05. The van der Waals surface area contributed by atoms with Crippen LogP contribution in [0.4, 0.5) is 0 Å². The Labute approximate surface area is 94.5 Å². The van der Waals surface area contributed by atoms with Gasteiger partial charge in [-0.2, -0.15) is 0 Å². The summed E-state index contributed by atoms with van der Waals surface area (Å²) in [5, 5.41) is 0. The van der Waals surface area contributed by atoms with Gasteiger partial charge in [-0.1, -0.05) is 32.6 Å². The van der Waals surface area contributed by atoms with Gasteiger partial charge in [0.1, 0.15) is 12.2 Å². The minimum atomic E-state index is -1.93. The molecule has 0 aromatic rings. The van der Waals surface area contributed by atoms with E-state index in [0.29, 0.717) is 0 Å². The third kappa shape index (κ3) is 10.3. The normalized spacial score (nSPS) is 14.3. The van der Waals surface area contributed by atoms with Crippen molar-refractivity contribution in [1.29, 1.82) is 0 Å². The summed E-state index contributed by atoms with van der Waals surface area (Å²) in [6.45, 7) is 7.83. The molecule has 2 atom stereocenters. The van der Waals surface area contributed by atoms with Gasteiger partial charge in [0.2, 0.25) is 0 Å². The lowest BCUT2D eigenvalue weighted by Gasteiger charge is -2.04. The van der Waals surface area contributed by atoms with E-state index in [0.717, 1.165) is 12.8 Å². The van der Waals surface area contributed by atoms with Crippen LogP contribution in [-0.2, 0) is 13.6 Å². The molecule has 0 saturated carbocycles. The molecule has 4 heteroatoms. The van der Waals surface area contributed by atoms with E-state index in [2.05, 4.69) is 6.92 Å². The summed E-state index contributed by atoms with van der Waals surface area (Å²) >= 11 is 0. The molecule has 15 heavy (non-hydrogen) atoms. The first-order chi connectivity index (χ1) is 7.06. The van der Waals surface area contributed by atoms with Gasteiger partial charge in [0.05, 0.1) is 0 Å². The van der Waals surface area contributed by atoms with Crippen molar-refractivity contribution in [3.05, 3.63) is 0 Å². The van der Waals surface area contributed by atoms with Crippen molar-refractivity contribution in [1.82, 2.24) is 0 Å². The van der Waals surface area contributed by atoms with Crippen LogP contribution in [0.3, 0.4) is 0 Å². The SMILES string of the molecule is CCCCCCC(C)O[P+](=O)OC(C)C. The van der Waals surface area contributed by atoms with E-state index in [1.807, 2.05) is 20.8 Å². The number of unbranched alkanes of at least 4 members (excludes halogenated alkanes) is 3. The zero-order valence-electron chi connectivity index (χ0n) is 10.4. The summed E-state index contributed by atoms with van der Waals surface area (Å²) < 4.78 is 21.5. The Balaban J connectivity index is 3.46. The van der Waals surface area contributed by atoms with Crippen molar-refractivity contribution < 1.29 is 13.6 Å². The fourth-order valence-electron chi connectivity index (χ4n) is 1.26. The average molecular weight is 235 g/mol. The largest absolute Gasteiger partial charge is 0.697 e. The Kier molecular flexibility index (Phi) is 9.27. The zero-order valence-corrected chi connectivity index (χ0v) is 11.3. The van der Waals surface area contributed by atoms with Gasteiger partial charge in [-0.05, 0) is 27.2 Å². The zero-order chi connectivity index (χ0) is 11.7. The Morgan fingerprint density at radius 1 is 1.07 bits per heavy atom. The van der Waals surface area contributed by atoms with Crippen LogP contribution in [0.25, 0.3) is 0 Å². The van der Waals surface area contributed by atoms with Crippen molar-refractivity contribution in [2.75, 3.05) is 0 Å². The molecule has 0 rings (SSSR count). The van der Waals surface area contributed by atoms with Crippen molar-refractivity contribution >= 4 is 8.25 Å². The second kappa shape index (κ2) is 9.26. The molecule has 2 unspecified atom stereocenters. The lowest BCUT2D eigenvalue weighted by atomic mass is 10.1. The van der Waals surface area contributed by atoms with Gasteiger partial charge in [0, 0.05) is 4.57 Å². The maximum Gasteiger partial charge on any atom is 0.697 e. The maximum atomic E-state index is 11.3. The highest BCUT2D eigenvalue weighted by Gasteiger charge is 2.25. The van der Waals surface area contributed by atoms with Gasteiger partial charge in [-0.3, -0.25) is 0 Å². The molecule has 0 saturated heterocycles. The predicted octanol–water partition coefficient (Wildman–Crippen LogP) is 4.44. The smallest absolute Gasteiger partial charge is 0.116 e. The molecule has 0 aliphatic rings. The number of rotatable bonds is 9. The number of hydrogen-bond acceptors (Lipinski definition) is 3. The molecule has 0 radical (unpaired) electrons. The molecule has 90 valence electrons. The highest BCUT2D eigenvalue weighted by molar-refractivity contribution is 7.33. The summed E-state index contributed by atoms with van der Waals surface area (Å²) in [5.41, 5.74) is 0. The van der Waals surface area contributed by atoms with Gasteiger partial charge in [-0.15, -0.1) is 9.05 Å².